The minimum Gasteiger partial charge on any atom is -0.550 e. The average Bonchev–Trinajstić information content (AvgIpc) is 3.78. The van der Waals surface area contributed by atoms with E-state index >= 15 is 0 Å². The Kier molecular flexibility index (Phi) is 22.8. The number of anilines is 1. The molecule has 2 amide bonds. The first-order valence-corrected chi connectivity index (χ1v) is 26.0. The summed E-state index contributed by atoms with van der Waals surface area (Å²) in [7, 11) is -11.1. The number of imidazole rings is 1. The van der Waals surface area contributed by atoms with E-state index in [9.17, 15) is 82.5 Å². The molecule has 0 aliphatic carbocycles. The SMILES string of the molecule is CC(C(=O)O)C(=O)SCCNC(=O)CCNC(=O)[C@H](O)C(C)(C)COP(=O)(O)OP(=O)(O)OC[C@H]1O[C@@H](n2cnc3c(N)ncnc32)[C@H](O)[C@@H]1OP(=O)(O)O.CCC(=O)C(O)(CC(=O)[O-])C[N+](C)(C)C. The molecule has 35 heteroatoms. The number of fused-ring (bicyclic) bond motifs is 1. The lowest BCUT2D eigenvalue weighted by Crippen LogP contribution is -2.55. The van der Waals surface area contributed by atoms with E-state index in [1.165, 1.54) is 20.8 Å². The van der Waals surface area contributed by atoms with Gasteiger partial charge in [0, 0.05) is 49.5 Å². The van der Waals surface area contributed by atoms with Crippen LogP contribution >= 0.6 is 35.2 Å². The number of phosphoric acid groups is 3. The third-order valence-electron chi connectivity index (χ3n) is 9.48. The summed E-state index contributed by atoms with van der Waals surface area (Å²) in [4.78, 5) is 120. The second-order valence-corrected chi connectivity index (χ2v) is 22.4. The first-order chi connectivity index (χ1) is 31.9. The number of ether oxygens (including phenoxy) is 1. The maximum atomic E-state index is 12.6. The molecule has 0 radical (unpaired) electrons. The molecule has 1 fully saturated rings. The number of hydrogen-bond donors (Lipinski definition) is 11. The number of rotatable bonds is 27. The molecular formula is C35H59N8O23P3S. The largest absolute Gasteiger partial charge is 0.550 e. The molecule has 0 bridgehead atoms. The maximum Gasteiger partial charge on any atom is 0.481 e. The molecule has 1 aliphatic rings. The molecule has 70 heavy (non-hydrogen) atoms. The predicted octanol–water partition coefficient (Wildman–Crippen LogP) is -3.07. The highest BCUT2D eigenvalue weighted by Crippen LogP contribution is 2.61. The molecular weight excluding hydrogens is 1030 g/mol. The number of quaternary nitrogens is 1. The van der Waals surface area contributed by atoms with Gasteiger partial charge in [0.05, 0.1) is 40.7 Å². The van der Waals surface area contributed by atoms with Crippen molar-refractivity contribution in [3.8, 4) is 0 Å². The summed E-state index contributed by atoms with van der Waals surface area (Å²) in [6.45, 7) is 3.01. The number of aliphatic carboxylic acids is 2. The fourth-order valence-electron chi connectivity index (χ4n) is 6.10. The van der Waals surface area contributed by atoms with E-state index in [1.54, 1.807) is 28.1 Å². The Bertz CT molecular complexity index is 2330. The van der Waals surface area contributed by atoms with Crippen LogP contribution in [-0.2, 0) is 65.1 Å². The Labute approximate surface area is 403 Å². The number of thioether (sulfide) groups is 1. The Morgan fingerprint density at radius 3 is 2.19 bits per heavy atom. The number of carboxylic acids is 2. The second-order valence-electron chi connectivity index (χ2n) is 17.1. The van der Waals surface area contributed by atoms with Crippen molar-refractivity contribution in [1.29, 1.82) is 0 Å². The van der Waals surface area contributed by atoms with Gasteiger partial charge in [-0.2, -0.15) is 4.31 Å². The molecule has 0 saturated carbocycles. The Hall–Kier alpha value is -3.91. The highest BCUT2D eigenvalue weighted by Gasteiger charge is 2.50. The summed E-state index contributed by atoms with van der Waals surface area (Å²) >= 11 is 0.726. The minimum absolute atomic E-state index is 0.0183. The van der Waals surface area contributed by atoms with Crippen LogP contribution in [0.4, 0.5) is 5.82 Å². The van der Waals surface area contributed by atoms with E-state index in [0.717, 1.165) is 29.0 Å². The zero-order valence-corrected chi connectivity index (χ0v) is 42.2. The number of carbonyl (C=O) groups is 6. The van der Waals surface area contributed by atoms with Crippen LogP contribution in [0.25, 0.3) is 11.2 Å². The number of aliphatic hydroxyl groups excluding tert-OH is 2. The van der Waals surface area contributed by atoms with Crippen LogP contribution in [0.5, 0.6) is 0 Å². The highest BCUT2D eigenvalue weighted by molar-refractivity contribution is 8.13. The molecule has 12 N–H and O–H groups in total. The zero-order valence-electron chi connectivity index (χ0n) is 38.7. The molecule has 0 aromatic carbocycles. The van der Waals surface area contributed by atoms with Gasteiger partial charge in [0.2, 0.25) is 16.9 Å². The van der Waals surface area contributed by atoms with Gasteiger partial charge < -0.3 is 75.5 Å². The zero-order chi connectivity index (χ0) is 53.8. The number of aliphatic hydroxyl groups is 3. The summed E-state index contributed by atoms with van der Waals surface area (Å²) in [6.07, 6.45) is -7.65. The average molecular weight is 1080 g/mol. The van der Waals surface area contributed by atoms with E-state index in [0.29, 0.717) is 4.48 Å². The van der Waals surface area contributed by atoms with Crippen molar-refractivity contribution < 1.29 is 115 Å². The molecule has 1 saturated heterocycles. The lowest BCUT2D eigenvalue weighted by Gasteiger charge is -2.34. The van der Waals surface area contributed by atoms with Gasteiger partial charge in [0.1, 0.15) is 48.7 Å². The fraction of sp³-hybridized carbons (Fsp3) is 0.686. The van der Waals surface area contributed by atoms with Gasteiger partial charge >= 0.3 is 29.4 Å². The highest BCUT2D eigenvalue weighted by atomic mass is 32.2. The summed E-state index contributed by atoms with van der Waals surface area (Å²) < 4.78 is 62.2. The van der Waals surface area contributed by atoms with Crippen LogP contribution in [0.15, 0.2) is 12.7 Å². The monoisotopic (exact) mass is 1080 g/mol. The van der Waals surface area contributed by atoms with Gasteiger partial charge in [-0.15, -0.1) is 0 Å². The number of nitrogen functional groups attached to an aromatic ring is 1. The molecule has 3 rings (SSSR count). The number of nitrogens with zero attached hydrogens (tertiary/aromatic N) is 5. The molecule has 398 valence electrons. The number of Topliss-reactive ketones (excluding diaryl/α,β-unsaturated/α-hetero) is 1. The Morgan fingerprint density at radius 1 is 1.01 bits per heavy atom. The minimum atomic E-state index is -5.59. The summed E-state index contributed by atoms with van der Waals surface area (Å²) in [5, 5.41) is 54.8. The first-order valence-electron chi connectivity index (χ1n) is 20.5. The standard InChI is InChI=1S/C25H40N7O19P3S.C10H19NO4/c1-12(23(37)38)24(39)55-7-6-27-14(33)4-5-28-21(36)18(35)25(2,3)9-48-54(45,46)51-53(43,44)47-8-13-17(50-52(40,41)42)16(34)22(49-13)32-11-31-15-19(26)29-10-30-20(15)32;1-5-8(12)10(15,6-9(13)14)7-11(2,3)4/h10-13,16-18,22,34-35H,4-9H2,1-3H3,(H,27,33)(H,28,36)(H,37,38)(H,43,44)(H,45,46)(H2,26,29,30)(H2,40,41,42);15H,5-7H2,1-4H3/t12?,13-,16-,17-,18+,22-;/m1./s1. The van der Waals surface area contributed by atoms with Crippen LogP contribution in [0, 0.1) is 11.3 Å². The Morgan fingerprint density at radius 2 is 1.63 bits per heavy atom. The van der Waals surface area contributed by atoms with E-state index in [-0.39, 0.29) is 55.2 Å². The van der Waals surface area contributed by atoms with Gasteiger partial charge in [0.15, 0.2) is 29.1 Å². The smallest absolute Gasteiger partial charge is 0.481 e. The molecule has 9 atom stereocenters. The molecule has 0 spiro atoms. The van der Waals surface area contributed by atoms with Crippen molar-refractivity contribution >= 4 is 86.9 Å². The molecule has 4 unspecified atom stereocenters. The number of carbonyl (C=O) groups excluding carboxylic acids is 5. The van der Waals surface area contributed by atoms with Crippen molar-refractivity contribution in [2.24, 2.45) is 11.3 Å². The maximum absolute atomic E-state index is 12.6. The molecule has 31 nitrogen and oxygen atoms in total. The third-order valence-corrected chi connectivity index (χ3v) is 13.6. The number of amides is 2. The van der Waals surface area contributed by atoms with Gasteiger partial charge in [-0.05, 0) is 6.92 Å². The number of aromatic nitrogens is 4. The summed E-state index contributed by atoms with van der Waals surface area (Å²) in [5.74, 6) is -5.88. The predicted molar refractivity (Wildman–Crippen MR) is 237 cm³/mol. The van der Waals surface area contributed by atoms with Gasteiger partial charge in [-0.25, -0.2) is 28.6 Å². The van der Waals surface area contributed by atoms with Crippen molar-refractivity contribution in [2.75, 3.05) is 65.5 Å². The van der Waals surface area contributed by atoms with E-state index in [2.05, 4.69) is 34.4 Å². The van der Waals surface area contributed by atoms with Crippen LogP contribution in [0.2, 0.25) is 0 Å². The normalized spacial score (nSPS) is 20.9. The lowest BCUT2D eigenvalue weighted by atomic mass is 9.87. The first kappa shape index (κ1) is 62.2. The number of nitrogens with one attached hydrogen (secondary N) is 2. The van der Waals surface area contributed by atoms with Crippen LogP contribution in [0.1, 0.15) is 53.2 Å². The van der Waals surface area contributed by atoms with E-state index in [1.807, 2.05) is 0 Å². The topological polar surface area (TPSA) is 478 Å². The van der Waals surface area contributed by atoms with Crippen molar-refractivity contribution in [1.82, 2.24) is 30.2 Å². The third kappa shape index (κ3) is 19.9. The fourth-order valence-corrected chi connectivity index (χ4v) is 9.69. The van der Waals surface area contributed by atoms with Crippen molar-refractivity contribution in [2.45, 2.75) is 83.2 Å². The number of phosphoric ester groups is 3. The van der Waals surface area contributed by atoms with Crippen LogP contribution < -0.4 is 21.5 Å². The number of hydrogen-bond acceptors (Lipinski definition) is 23. The van der Waals surface area contributed by atoms with E-state index < -0.39 is 125 Å². The number of likely N-dealkylation sites (N-methyl/N-ethyl adjacent to an activating group) is 1. The number of carboxylic acid groups (broad SMARTS) is 2. The van der Waals surface area contributed by atoms with E-state index in [4.69, 9.17) is 24.6 Å². The van der Waals surface area contributed by atoms with Crippen molar-refractivity contribution in [3.05, 3.63) is 12.7 Å². The van der Waals surface area contributed by atoms with Gasteiger partial charge in [-0.3, -0.25) is 42.1 Å². The molecule has 2 aromatic heterocycles. The molecule has 2 aromatic rings. The number of ketones is 1. The quantitative estimate of drug-likeness (QED) is 0.0183. The number of nitrogens with two attached hydrogens (primary N) is 1. The second kappa shape index (κ2) is 25.7. The Balaban J connectivity index is 0.000000960. The van der Waals surface area contributed by atoms with Crippen molar-refractivity contribution in [3.63, 3.8) is 0 Å². The van der Waals surface area contributed by atoms with Crippen LogP contribution in [-0.4, -0.2) is 188 Å². The van der Waals surface area contributed by atoms with Crippen LogP contribution in [0.3, 0.4) is 0 Å². The lowest BCUT2D eigenvalue weighted by molar-refractivity contribution is -0.875. The summed E-state index contributed by atoms with van der Waals surface area (Å²) in [6, 6.07) is 0. The molecule has 1 aliphatic heterocycles. The van der Waals surface area contributed by atoms with Gasteiger partial charge in [0.25, 0.3) is 0 Å². The molecule has 3 heterocycles. The van der Waals surface area contributed by atoms with Gasteiger partial charge in [-0.1, -0.05) is 32.5 Å². The summed E-state index contributed by atoms with van der Waals surface area (Å²) in [5.41, 5.74) is 2.37.